The van der Waals surface area contributed by atoms with Crippen LogP contribution in [0.25, 0.3) is 11.2 Å². The Hall–Kier alpha value is -1.80. The summed E-state index contributed by atoms with van der Waals surface area (Å²) in [5, 5.41) is 21.0. The molecule has 188 valence electrons. The number of phosphoric acid groups is 3. The third-order valence-electron chi connectivity index (χ3n) is 4.34. The molecule has 0 aromatic carbocycles. The number of fused-ring (bicyclic) bond motifs is 1. The molecule has 1 aliphatic heterocycles. The molecule has 0 bridgehead atoms. The number of nitrogens with one attached hydrogen (secondary N) is 1. The Bertz CT molecular complexity index is 1340. The van der Waals surface area contributed by atoms with Crippen molar-refractivity contribution in [3.63, 3.8) is 0 Å². The number of phosphoric ester groups is 1. The summed E-state index contributed by atoms with van der Waals surface area (Å²) in [6.07, 6.45) is 1.05. The number of aromatic nitrogens is 4. The molecule has 18 nitrogen and oxygen atoms in total. The second kappa shape index (κ2) is 9.01. The summed E-state index contributed by atoms with van der Waals surface area (Å²) in [7, 11) is -16.9. The van der Waals surface area contributed by atoms with Crippen LogP contribution in [-0.2, 0) is 37.3 Å². The molecule has 7 N–H and O–H groups in total. The number of aromatic amines is 1. The summed E-state index contributed by atoms with van der Waals surface area (Å²) in [6.45, 7) is 0.359. The van der Waals surface area contributed by atoms with Gasteiger partial charge in [0.05, 0.1) is 6.61 Å². The smallest absolute Gasteiger partial charge is 0.387 e. The molecule has 3 rings (SSSR count). The molecular weight excluding hydrogens is 529 g/mol. The Morgan fingerprint density at radius 1 is 1.24 bits per heavy atom. The number of aryl methyl sites for hydroxylation is 1. The van der Waals surface area contributed by atoms with Crippen LogP contribution >= 0.6 is 23.5 Å². The number of H-pyrrole nitrogens is 1. The molecule has 2 aromatic heterocycles. The molecule has 0 amide bonds. The first kappa shape index (κ1) is 26.8. The van der Waals surface area contributed by atoms with Crippen LogP contribution < -0.4 is 5.56 Å². The van der Waals surface area contributed by atoms with Gasteiger partial charge in [-0.25, -0.2) is 23.7 Å². The van der Waals surface area contributed by atoms with E-state index in [9.17, 15) is 38.5 Å². The summed E-state index contributed by atoms with van der Waals surface area (Å²) in [4.78, 5) is 58.2. The predicted molar refractivity (Wildman–Crippen MR) is 106 cm³/mol. The molecule has 6 atom stereocenters. The van der Waals surface area contributed by atoms with Crippen LogP contribution in [0.2, 0.25) is 0 Å². The SMILES string of the molecule is C#C[C@@]1(n2cnc3c(=O)[nH]c(C)nc32)O[C@H](COP(=O)(O)OP(=O)(O)OP(=O)(O)O)[C@@H](O)[C@H]1O. The average Bonchev–Trinajstić information content (AvgIpc) is 3.18. The Kier molecular flexibility index (Phi) is 7.10. The lowest BCUT2D eigenvalue weighted by Gasteiger charge is -2.28. The molecule has 1 aliphatic rings. The van der Waals surface area contributed by atoms with E-state index in [1.807, 2.05) is 0 Å². The molecule has 1 fully saturated rings. The zero-order valence-corrected chi connectivity index (χ0v) is 19.4. The van der Waals surface area contributed by atoms with Crippen LogP contribution in [-0.4, -0.2) is 74.2 Å². The van der Waals surface area contributed by atoms with Gasteiger partial charge in [0.15, 0.2) is 11.2 Å². The molecule has 21 heteroatoms. The van der Waals surface area contributed by atoms with E-state index in [4.69, 9.17) is 20.9 Å². The average molecular weight is 546 g/mol. The van der Waals surface area contributed by atoms with Crippen molar-refractivity contribution < 1.29 is 61.4 Å². The van der Waals surface area contributed by atoms with Gasteiger partial charge in [-0.05, 0) is 12.8 Å². The van der Waals surface area contributed by atoms with Crippen LogP contribution in [0.15, 0.2) is 11.1 Å². The van der Waals surface area contributed by atoms with Crippen LogP contribution in [0.3, 0.4) is 0 Å². The van der Waals surface area contributed by atoms with Crippen molar-refractivity contribution in [2.45, 2.75) is 31.0 Å². The monoisotopic (exact) mass is 546 g/mol. The van der Waals surface area contributed by atoms with Gasteiger partial charge in [-0.15, -0.1) is 6.42 Å². The number of nitrogens with zero attached hydrogens (tertiary/aromatic N) is 3. The summed E-state index contributed by atoms with van der Waals surface area (Å²) in [5.74, 6) is 2.27. The van der Waals surface area contributed by atoms with E-state index in [-0.39, 0.29) is 17.0 Å². The van der Waals surface area contributed by atoms with Crippen LogP contribution in [0, 0.1) is 19.3 Å². The van der Waals surface area contributed by atoms with Crippen LogP contribution in [0.4, 0.5) is 0 Å². The second-order valence-electron chi connectivity index (χ2n) is 6.76. The maximum atomic E-state index is 12.1. The number of ether oxygens (including phenoxy) is 1. The number of hydrogen-bond acceptors (Lipinski definition) is 12. The van der Waals surface area contributed by atoms with E-state index < -0.39 is 59.7 Å². The Morgan fingerprint density at radius 2 is 1.88 bits per heavy atom. The Labute approximate surface area is 188 Å². The minimum Gasteiger partial charge on any atom is -0.387 e. The first-order chi connectivity index (χ1) is 15.5. The summed E-state index contributed by atoms with van der Waals surface area (Å²) < 4.78 is 52.0. The highest BCUT2D eigenvalue weighted by molar-refractivity contribution is 7.66. The van der Waals surface area contributed by atoms with E-state index in [1.54, 1.807) is 0 Å². The summed E-state index contributed by atoms with van der Waals surface area (Å²) in [5.41, 5.74) is -3.17. The normalized spacial score (nSPS) is 28.9. The number of hydrogen-bond donors (Lipinski definition) is 7. The lowest BCUT2D eigenvalue weighted by Crippen LogP contribution is -2.44. The summed E-state index contributed by atoms with van der Waals surface area (Å²) >= 11 is 0. The molecule has 34 heavy (non-hydrogen) atoms. The van der Waals surface area contributed by atoms with Crippen molar-refractivity contribution >= 4 is 34.6 Å². The van der Waals surface area contributed by atoms with Crippen molar-refractivity contribution in [1.29, 1.82) is 0 Å². The molecule has 0 radical (unpaired) electrons. The van der Waals surface area contributed by atoms with Gasteiger partial charge in [-0.1, -0.05) is 0 Å². The predicted octanol–water partition coefficient (Wildman–Crippen LogP) is -1.82. The van der Waals surface area contributed by atoms with E-state index in [0.29, 0.717) is 0 Å². The standard InChI is InChI=1S/C13H17N4O14P3/c1-3-13(17-5-14-8-11(17)15-6(2)16-12(8)20)10(19)9(18)7(29-13)4-28-33(24,25)31-34(26,27)30-32(21,22)23/h1,5,7,9-10,18-19H,4H2,2H3,(H,24,25)(H,26,27)(H,15,16,20)(H2,21,22,23)/t7-,9-,10-,13-/m1/s1. The van der Waals surface area contributed by atoms with Crippen molar-refractivity contribution in [2.75, 3.05) is 6.61 Å². The van der Waals surface area contributed by atoms with Gasteiger partial charge in [-0.3, -0.25) is 13.9 Å². The lowest BCUT2D eigenvalue weighted by atomic mass is 10.0. The molecule has 2 unspecified atom stereocenters. The van der Waals surface area contributed by atoms with Crippen molar-refractivity contribution in [3.8, 4) is 12.3 Å². The maximum Gasteiger partial charge on any atom is 0.490 e. The highest BCUT2D eigenvalue weighted by Gasteiger charge is 2.56. The van der Waals surface area contributed by atoms with E-state index in [1.165, 1.54) is 6.92 Å². The third-order valence-corrected chi connectivity index (χ3v) is 8.15. The molecular formula is C13H17N4O14P3. The van der Waals surface area contributed by atoms with Crippen LogP contribution in [0.5, 0.6) is 0 Å². The van der Waals surface area contributed by atoms with Gasteiger partial charge in [0.2, 0.25) is 5.72 Å². The topological polar surface area (TPSA) is 273 Å². The van der Waals surface area contributed by atoms with Gasteiger partial charge in [0.1, 0.15) is 30.5 Å². The van der Waals surface area contributed by atoms with Gasteiger partial charge in [-0.2, -0.15) is 8.62 Å². The number of imidazole rings is 1. The van der Waals surface area contributed by atoms with Gasteiger partial charge in [0, 0.05) is 0 Å². The van der Waals surface area contributed by atoms with Crippen molar-refractivity contribution in [3.05, 3.63) is 22.5 Å². The van der Waals surface area contributed by atoms with Gasteiger partial charge in [0.25, 0.3) is 5.56 Å². The minimum atomic E-state index is -5.77. The fraction of sp³-hybridized carbons (Fsp3) is 0.462. The highest BCUT2D eigenvalue weighted by Crippen LogP contribution is 2.66. The van der Waals surface area contributed by atoms with Crippen LogP contribution in [0.1, 0.15) is 5.82 Å². The number of aliphatic hydroxyl groups is 2. The number of aliphatic hydroxyl groups excluding tert-OH is 2. The molecule has 0 saturated carbocycles. The Balaban J connectivity index is 1.84. The highest BCUT2D eigenvalue weighted by atomic mass is 31.3. The van der Waals surface area contributed by atoms with Crippen molar-refractivity contribution in [1.82, 2.24) is 19.5 Å². The summed E-state index contributed by atoms with van der Waals surface area (Å²) in [6, 6.07) is 0. The molecule has 1 saturated heterocycles. The van der Waals surface area contributed by atoms with E-state index in [0.717, 1.165) is 10.9 Å². The van der Waals surface area contributed by atoms with Gasteiger partial charge < -0.3 is 39.5 Å². The lowest BCUT2D eigenvalue weighted by molar-refractivity contribution is -0.102. The maximum absolute atomic E-state index is 12.1. The van der Waals surface area contributed by atoms with E-state index >= 15 is 0 Å². The first-order valence-electron chi connectivity index (χ1n) is 8.75. The molecule has 2 aromatic rings. The third kappa shape index (κ3) is 5.38. The number of terminal acetylenes is 1. The molecule has 0 spiro atoms. The largest absolute Gasteiger partial charge is 0.490 e. The fourth-order valence-electron chi connectivity index (χ4n) is 3.06. The molecule has 0 aliphatic carbocycles. The van der Waals surface area contributed by atoms with Gasteiger partial charge >= 0.3 is 23.5 Å². The zero-order chi connectivity index (χ0) is 25.7. The number of rotatable bonds is 8. The van der Waals surface area contributed by atoms with E-state index in [2.05, 4.69) is 34.0 Å². The zero-order valence-electron chi connectivity index (χ0n) is 16.7. The fourth-order valence-corrected chi connectivity index (χ4v) is 6.09. The minimum absolute atomic E-state index is 0.126. The van der Waals surface area contributed by atoms with Crippen molar-refractivity contribution in [2.24, 2.45) is 0 Å². The Morgan fingerprint density at radius 3 is 2.47 bits per heavy atom. The first-order valence-corrected chi connectivity index (χ1v) is 13.3. The quantitative estimate of drug-likeness (QED) is 0.142. The second-order valence-corrected chi connectivity index (χ2v) is 11.2. The molecule has 3 heterocycles.